The number of aromatic hydroxyl groups is 2. The van der Waals surface area contributed by atoms with Gasteiger partial charge in [-0.1, -0.05) is 30.3 Å². The normalized spacial score (nSPS) is 11.3. The molecule has 0 spiro atoms. The first-order valence-corrected chi connectivity index (χ1v) is 8.85. The number of aromatic nitrogens is 2. The molecule has 1 aromatic heterocycles. The highest BCUT2D eigenvalue weighted by Gasteiger charge is 2.20. The summed E-state index contributed by atoms with van der Waals surface area (Å²) in [6.45, 7) is 0. The van der Waals surface area contributed by atoms with Gasteiger partial charge in [0.05, 0.1) is 6.20 Å². The van der Waals surface area contributed by atoms with Crippen LogP contribution in [-0.2, 0) is 11.2 Å². The van der Waals surface area contributed by atoms with Crippen molar-refractivity contribution in [3.8, 4) is 11.6 Å². The van der Waals surface area contributed by atoms with Gasteiger partial charge in [0.25, 0.3) is 0 Å². The van der Waals surface area contributed by atoms with Gasteiger partial charge in [-0.05, 0) is 29.8 Å². The summed E-state index contributed by atoms with van der Waals surface area (Å²) in [5, 5.41) is 35.8. The van der Waals surface area contributed by atoms with Crippen LogP contribution in [0, 0.1) is 0 Å². The Morgan fingerprint density at radius 3 is 2.33 bits per heavy atom. The molecule has 154 valence electrons. The van der Waals surface area contributed by atoms with Gasteiger partial charge in [0.1, 0.15) is 17.3 Å². The predicted octanol–water partition coefficient (Wildman–Crippen LogP) is 2.12. The number of aliphatic carboxylic acids is 1. The van der Waals surface area contributed by atoms with E-state index >= 15 is 0 Å². The van der Waals surface area contributed by atoms with Crippen LogP contribution < -0.4 is 16.0 Å². The molecule has 10 nitrogen and oxygen atoms in total. The molecule has 30 heavy (non-hydrogen) atoms. The zero-order valence-corrected chi connectivity index (χ0v) is 15.6. The van der Waals surface area contributed by atoms with E-state index in [1.807, 2.05) is 30.3 Å². The largest absolute Gasteiger partial charge is 0.508 e. The molecule has 2 aromatic carbocycles. The van der Waals surface area contributed by atoms with Crippen LogP contribution in [0.15, 0.2) is 60.8 Å². The number of hydrogen-bond donors (Lipinski definition) is 6. The number of amides is 2. The number of phenolic OH excluding ortho intramolecular Hbond substituents is 1. The van der Waals surface area contributed by atoms with Crippen molar-refractivity contribution < 1.29 is 24.9 Å². The van der Waals surface area contributed by atoms with Crippen molar-refractivity contribution in [2.24, 2.45) is 0 Å². The van der Waals surface area contributed by atoms with Gasteiger partial charge >= 0.3 is 12.0 Å². The Hall–Kier alpha value is -4.34. The maximum Gasteiger partial charge on any atom is 0.347 e. The number of carboxylic acids is 1. The Labute approximate surface area is 171 Å². The standard InChI is InChI=1S/C20H19N5O5/c26-14-8-6-13(7-9-14)22-17(19(28)29)25-20(30)23-15-11-21-16(24-18(15)27)10-12-4-2-1-3-5-12/h1-9,11,17,22,26H,10H2,(H,28,29)(H,21,24,27)(H2,23,25,30)/t17-/m0/s1. The molecule has 0 radical (unpaired) electrons. The summed E-state index contributed by atoms with van der Waals surface area (Å²) in [6.07, 6.45) is 0.178. The summed E-state index contributed by atoms with van der Waals surface area (Å²) in [5.41, 5.74) is 1.26. The molecule has 0 fully saturated rings. The number of rotatable bonds is 7. The van der Waals surface area contributed by atoms with E-state index in [9.17, 15) is 24.9 Å². The quantitative estimate of drug-likeness (QED) is 0.256. The molecule has 3 rings (SSSR count). The third-order valence-electron chi connectivity index (χ3n) is 3.97. The summed E-state index contributed by atoms with van der Waals surface area (Å²) >= 11 is 0. The smallest absolute Gasteiger partial charge is 0.347 e. The van der Waals surface area contributed by atoms with Crippen molar-refractivity contribution in [1.29, 1.82) is 0 Å². The van der Waals surface area contributed by atoms with E-state index in [0.29, 0.717) is 17.9 Å². The molecular formula is C20H19N5O5. The minimum atomic E-state index is -1.46. The van der Waals surface area contributed by atoms with E-state index in [1.165, 1.54) is 30.5 Å². The second-order valence-corrected chi connectivity index (χ2v) is 6.25. The molecule has 0 bridgehead atoms. The molecule has 0 saturated carbocycles. The van der Waals surface area contributed by atoms with Gasteiger partial charge in [-0.15, -0.1) is 0 Å². The molecule has 6 N–H and O–H groups in total. The number of carbonyl (C=O) groups is 2. The summed E-state index contributed by atoms with van der Waals surface area (Å²) in [4.78, 5) is 31.6. The van der Waals surface area contributed by atoms with Gasteiger partial charge in [0, 0.05) is 12.1 Å². The van der Waals surface area contributed by atoms with E-state index in [2.05, 4.69) is 25.9 Å². The molecule has 1 heterocycles. The topological polar surface area (TPSA) is 157 Å². The highest BCUT2D eigenvalue weighted by atomic mass is 16.4. The number of urea groups is 1. The lowest BCUT2D eigenvalue weighted by atomic mass is 10.1. The van der Waals surface area contributed by atoms with Gasteiger partial charge in [0.15, 0.2) is 0 Å². The Bertz CT molecular complexity index is 1030. The second-order valence-electron chi connectivity index (χ2n) is 6.25. The van der Waals surface area contributed by atoms with Gasteiger partial charge in [-0.2, -0.15) is 4.98 Å². The number of hydrogen-bond acceptors (Lipinski definition) is 7. The van der Waals surface area contributed by atoms with Crippen LogP contribution >= 0.6 is 0 Å². The molecule has 2 amide bonds. The first-order valence-electron chi connectivity index (χ1n) is 8.85. The Morgan fingerprint density at radius 2 is 1.70 bits per heavy atom. The maximum atomic E-state index is 12.2. The number of carboxylic acid groups (broad SMARTS) is 1. The fourth-order valence-corrected chi connectivity index (χ4v) is 2.53. The van der Waals surface area contributed by atoms with Crippen LogP contribution in [-0.4, -0.2) is 43.5 Å². The monoisotopic (exact) mass is 409 g/mol. The zero-order valence-electron chi connectivity index (χ0n) is 15.6. The fourth-order valence-electron chi connectivity index (χ4n) is 2.53. The lowest BCUT2D eigenvalue weighted by Crippen LogP contribution is -2.47. The third-order valence-corrected chi connectivity index (χ3v) is 3.97. The van der Waals surface area contributed by atoms with Crippen molar-refractivity contribution in [2.75, 3.05) is 10.6 Å². The average Bonchev–Trinajstić information content (AvgIpc) is 2.72. The Kier molecular flexibility index (Phi) is 6.28. The SMILES string of the molecule is O=C(Nc1cnc(Cc2ccccc2)nc1O)N[C@H](Nc1ccc(O)cc1)C(=O)O. The van der Waals surface area contributed by atoms with Gasteiger partial charge in [0.2, 0.25) is 12.0 Å². The number of benzene rings is 2. The molecule has 10 heteroatoms. The third kappa shape index (κ3) is 5.58. The fraction of sp³-hybridized carbons (Fsp3) is 0.100. The van der Waals surface area contributed by atoms with Gasteiger partial charge in [-0.25, -0.2) is 14.6 Å². The van der Waals surface area contributed by atoms with Crippen LogP contribution in [0.5, 0.6) is 11.6 Å². The van der Waals surface area contributed by atoms with Crippen molar-refractivity contribution >= 4 is 23.4 Å². The maximum absolute atomic E-state index is 12.2. The van der Waals surface area contributed by atoms with Crippen molar-refractivity contribution in [2.45, 2.75) is 12.6 Å². The van der Waals surface area contributed by atoms with E-state index in [0.717, 1.165) is 5.56 Å². The van der Waals surface area contributed by atoms with Crippen LogP contribution in [0.1, 0.15) is 11.4 Å². The molecule has 3 aromatic rings. The van der Waals surface area contributed by atoms with Crippen molar-refractivity contribution in [3.05, 3.63) is 72.2 Å². The summed E-state index contributed by atoms with van der Waals surface area (Å²) in [5.74, 6) is -1.40. The zero-order chi connectivity index (χ0) is 21.5. The lowest BCUT2D eigenvalue weighted by molar-refractivity contribution is -0.138. The Morgan fingerprint density at radius 1 is 1.00 bits per heavy atom. The highest BCUT2D eigenvalue weighted by molar-refractivity contribution is 5.93. The average molecular weight is 409 g/mol. The second kappa shape index (κ2) is 9.24. The van der Waals surface area contributed by atoms with Crippen LogP contribution in [0.2, 0.25) is 0 Å². The van der Waals surface area contributed by atoms with Crippen molar-refractivity contribution in [3.63, 3.8) is 0 Å². The predicted molar refractivity (Wildman–Crippen MR) is 108 cm³/mol. The number of nitrogens with one attached hydrogen (secondary N) is 3. The number of phenols is 1. The lowest BCUT2D eigenvalue weighted by Gasteiger charge is -2.18. The van der Waals surface area contributed by atoms with Crippen LogP contribution in [0.4, 0.5) is 16.2 Å². The molecule has 0 unspecified atom stereocenters. The molecule has 0 aliphatic rings. The highest BCUT2D eigenvalue weighted by Crippen LogP contribution is 2.20. The Balaban J connectivity index is 1.62. The first kappa shape index (κ1) is 20.4. The number of anilines is 2. The molecular weight excluding hydrogens is 390 g/mol. The van der Waals surface area contributed by atoms with Crippen LogP contribution in [0.3, 0.4) is 0 Å². The number of carbonyl (C=O) groups excluding carboxylic acids is 1. The molecule has 0 aliphatic carbocycles. The van der Waals surface area contributed by atoms with Crippen molar-refractivity contribution in [1.82, 2.24) is 15.3 Å². The number of nitrogens with zero attached hydrogens (tertiary/aromatic N) is 2. The van der Waals surface area contributed by atoms with E-state index < -0.39 is 24.0 Å². The first-order chi connectivity index (χ1) is 14.4. The molecule has 0 saturated heterocycles. The van der Waals surface area contributed by atoms with Gasteiger partial charge < -0.3 is 31.3 Å². The summed E-state index contributed by atoms with van der Waals surface area (Å²) in [6, 6.07) is 14.2. The minimum Gasteiger partial charge on any atom is -0.508 e. The summed E-state index contributed by atoms with van der Waals surface area (Å²) < 4.78 is 0. The molecule has 1 atom stereocenters. The van der Waals surface area contributed by atoms with E-state index in [-0.39, 0.29) is 11.4 Å². The van der Waals surface area contributed by atoms with Gasteiger partial charge in [-0.3, -0.25) is 0 Å². The molecule has 0 aliphatic heterocycles. The van der Waals surface area contributed by atoms with E-state index in [1.54, 1.807) is 0 Å². The van der Waals surface area contributed by atoms with E-state index in [4.69, 9.17) is 0 Å². The van der Waals surface area contributed by atoms with Crippen LogP contribution in [0.25, 0.3) is 0 Å². The summed E-state index contributed by atoms with van der Waals surface area (Å²) in [7, 11) is 0. The minimum absolute atomic E-state index is 0.0179.